The van der Waals surface area contributed by atoms with Crippen molar-refractivity contribution in [2.75, 3.05) is 0 Å². The zero-order chi connectivity index (χ0) is 15.8. The van der Waals surface area contributed by atoms with Crippen molar-refractivity contribution in [3.63, 3.8) is 0 Å². The molecule has 1 aromatic rings. The summed E-state index contributed by atoms with van der Waals surface area (Å²) >= 11 is 6.46. The first-order valence-corrected chi connectivity index (χ1v) is 9.48. The highest BCUT2D eigenvalue weighted by Gasteiger charge is 2.28. The van der Waals surface area contributed by atoms with Crippen LogP contribution in [0.4, 0.5) is 0 Å². The summed E-state index contributed by atoms with van der Waals surface area (Å²) in [6, 6.07) is 1.89. The summed E-state index contributed by atoms with van der Waals surface area (Å²) in [5, 5.41) is 0.527. The molecule has 114 valence electrons. The van der Waals surface area contributed by atoms with E-state index in [4.69, 9.17) is 22.3 Å². The minimum absolute atomic E-state index is 0.0118. The Bertz CT molecular complexity index is 603. The summed E-state index contributed by atoms with van der Waals surface area (Å²) < 4.78 is 24.0. The van der Waals surface area contributed by atoms with Crippen LogP contribution in [0.3, 0.4) is 0 Å². The summed E-state index contributed by atoms with van der Waals surface area (Å²) in [6.07, 6.45) is 0. The summed E-state index contributed by atoms with van der Waals surface area (Å²) in [4.78, 5) is 0.193. The Balaban J connectivity index is 3.94. The maximum atomic E-state index is 12.0. The molecule has 0 N–H and O–H groups in total. The van der Waals surface area contributed by atoms with E-state index in [0.717, 1.165) is 11.1 Å². The fourth-order valence-corrected chi connectivity index (χ4v) is 4.68. The monoisotopic (exact) mass is 336 g/mol. The van der Waals surface area contributed by atoms with E-state index in [-0.39, 0.29) is 22.6 Å². The van der Waals surface area contributed by atoms with Gasteiger partial charge in [-0.3, -0.25) is 0 Å². The predicted molar refractivity (Wildman–Crippen MR) is 86.8 cm³/mol. The highest BCUT2D eigenvalue weighted by atomic mass is 35.7. The largest absolute Gasteiger partial charge is 0.261 e. The second-order valence-electron chi connectivity index (χ2n) is 6.01. The van der Waals surface area contributed by atoms with Gasteiger partial charge in [0.15, 0.2) is 0 Å². The SMILES string of the molecule is CC(C)c1cc(C(C)C)c(S(=O)(=O)Cl)c(C(C)C)c1Cl. The van der Waals surface area contributed by atoms with Crippen molar-refractivity contribution in [1.29, 1.82) is 0 Å². The van der Waals surface area contributed by atoms with Crippen LogP contribution in [-0.2, 0) is 9.05 Å². The Labute approximate surface area is 131 Å². The Morgan fingerprint density at radius 1 is 0.900 bits per heavy atom. The summed E-state index contributed by atoms with van der Waals surface area (Å²) in [7, 11) is 1.84. The zero-order valence-electron chi connectivity index (χ0n) is 12.8. The van der Waals surface area contributed by atoms with Gasteiger partial charge in [-0.15, -0.1) is 0 Å². The van der Waals surface area contributed by atoms with Crippen LogP contribution in [0.5, 0.6) is 0 Å². The lowest BCUT2D eigenvalue weighted by atomic mass is 9.89. The van der Waals surface area contributed by atoms with E-state index in [1.165, 1.54) is 0 Å². The molecule has 5 heteroatoms. The van der Waals surface area contributed by atoms with E-state index >= 15 is 0 Å². The third-order valence-electron chi connectivity index (χ3n) is 3.37. The summed E-state index contributed by atoms with van der Waals surface area (Å²) in [5.41, 5.74) is 2.36. The minimum atomic E-state index is -3.83. The van der Waals surface area contributed by atoms with Crippen LogP contribution in [0, 0.1) is 0 Å². The van der Waals surface area contributed by atoms with Gasteiger partial charge in [-0.2, -0.15) is 0 Å². The van der Waals surface area contributed by atoms with Crippen LogP contribution < -0.4 is 0 Å². The van der Waals surface area contributed by atoms with Crippen LogP contribution in [0.2, 0.25) is 5.02 Å². The van der Waals surface area contributed by atoms with E-state index < -0.39 is 9.05 Å². The van der Waals surface area contributed by atoms with Gasteiger partial charge >= 0.3 is 0 Å². The third kappa shape index (κ3) is 3.49. The number of benzene rings is 1. The Kier molecular flexibility index (Phi) is 5.56. The second-order valence-corrected chi connectivity index (χ2v) is 8.89. The first-order valence-electron chi connectivity index (χ1n) is 6.79. The molecule has 0 fully saturated rings. The molecule has 0 bridgehead atoms. The van der Waals surface area contributed by atoms with Crippen LogP contribution in [0.1, 0.15) is 76.0 Å². The first-order chi connectivity index (χ1) is 8.98. The second kappa shape index (κ2) is 6.25. The molecule has 0 aliphatic carbocycles. The van der Waals surface area contributed by atoms with Gasteiger partial charge in [0.2, 0.25) is 0 Å². The van der Waals surface area contributed by atoms with Crippen LogP contribution in [0.25, 0.3) is 0 Å². The molecule has 0 unspecified atom stereocenters. The molecule has 0 aromatic heterocycles. The lowest BCUT2D eigenvalue weighted by Crippen LogP contribution is -2.10. The van der Waals surface area contributed by atoms with Crippen molar-refractivity contribution in [2.45, 2.75) is 64.2 Å². The smallest absolute Gasteiger partial charge is 0.207 e. The third-order valence-corrected chi connectivity index (χ3v) is 5.20. The van der Waals surface area contributed by atoms with Crippen molar-refractivity contribution in [1.82, 2.24) is 0 Å². The number of halogens is 2. The highest BCUT2D eigenvalue weighted by Crippen LogP contribution is 2.42. The Morgan fingerprint density at radius 3 is 1.65 bits per heavy atom. The van der Waals surface area contributed by atoms with E-state index in [2.05, 4.69) is 0 Å². The topological polar surface area (TPSA) is 34.1 Å². The van der Waals surface area contributed by atoms with Crippen molar-refractivity contribution >= 4 is 31.3 Å². The molecule has 0 heterocycles. The van der Waals surface area contributed by atoms with E-state index in [0.29, 0.717) is 10.6 Å². The van der Waals surface area contributed by atoms with E-state index in [1.54, 1.807) is 0 Å². The highest BCUT2D eigenvalue weighted by molar-refractivity contribution is 8.13. The molecule has 0 radical (unpaired) electrons. The molecule has 0 spiro atoms. The zero-order valence-corrected chi connectivity index (χ0v) is 15.1. The number of hydrogen-bond donors (Lipinski definition) is 0. The molecule has 0 amide bonds. The quantitative estimate of drug-likeness (QED) is 0.667. The average Bonchev–Trinajstić information content (AvgIpc) is 2.25. The number of rotatable bonds is 4. The lowest BCUT2D eigenvalue weighted by molar-refractivity contribution is 0.604. The Hall–Kier alpha value is -0.250. The fraction of sp³-hybridized carbons (Fsp3) is 0.600. The van der Waals surface area contributed by atoms with Gasteiger partial charge in [-0.05, 0) is 34.4 Å². The van der Waals surface area contributed by atoms with Crippen molar-refractivity contribution < 1.29 is 8.42 Å². The van der Waals surface area contributed by atoms with Crippen LogP contribution in [0.15, 0.2) is 11.0 Å². The Morgan fingerprint density at radius 2 is 1.35 bits per heavy atom. The molecule has 0 aliphatic heterocycles. The van der Waals surface area contributed by atoms with Gasteiger partial charge in [0.05, 0.1) is 4.90 Å². The van der Waals surface area contributed by atoms with Gasteiger partial charge in [0.1, 0.15) is 0 Å². The van der Waals surface area contributed by atoms with Crippen molar-refractivity contribution in [3.8, 4) is 0 Å². The van der Waals surface area contributed by atoms with E-state index in [9.17, 15) is 8.42 Å². The van der Waals surface area contributed by atoms with Crippen molar-refractivity contribution in [3.05, 3.63) is 27.8 Å². The predicted octanol–water partition coefficient (Wildman–Crippen LogP) is 5.64. The lowest BCUT2D eigenvalue weighted by Gasteiger charge is -2.23. The van der Waals surface area contributed by atoms with Gasteiger partial charge in [0, 0.05) is 15.7 Å². The summed E-state index contributed by atoms with van der Waals surface area (Å²) in [5.74, 6) is 0.276. The van der Waals surface area contributed by atoms with Crippen LogP contribution >= 0.6 is 22.3 Å². The molecule has 1 aromatic carbocycles. The molecule has 1 rings (SSSR count). The molecule has 0 saturated heterocycles. The van der Waals surface area contributed by atoms with Gasteiger partial charge in [-0.25, -0.2) is 8.42 Å². The van der Waals surface area contributed by atoms with Gasteiger partial charge in [-0.1, -0.05) is 59.2 Å². The fourth-order valence-electron chi connectivity index (χ4n) is 2.34. The maximum Gasteiger partial charge on any atom is 0.261 e. The maximum absolute atomic E-state index is 12.0. The summed E-state index contributed by atoms with van der Waals surface area (Å²) in [6.45, 7) is 11.9. The molecule has 20 heavy (non-hydrogen) atoms. The molecule has 0 saturated carbocycles. The molecule has 0 aliphatic rings. The van der Waals surface area contributed by atoms with Crippen LogP contribution in [-0.4, -0.2) is 8.42 Å². The molecule has 2 nitrogen and oxygen atoms in total. The normalized spacial score (nSPS) is 12.8. The average molecular weight is 337 g/mol. The minimum Gasteiger partial charge on any atom is -0.207 e. The molecular formula is C15H22Cl2O2S. The first kappa shape index (κ1) is 17.8. The van der Waals surface area contributed by atoms with Gasteiger partial charge < -0.3 is 0 Å². The molecule has 0 atom stereocenters. The van der Waals surface area contributed by atoms with Crippen molar-refractivity contribution in [2.24, 2.45) is 0 Å². The standard InChI is InChI=1S/C15H22Cl2O2S/c1-8(2)11-7-12(9(3)4)15(20(17,18)19)13(10(5)6)14(11)16/h7-10H,1-6H3. The molecular weight excluding hydrogens is 315 g/mol. The van der Waals surface area contributed by atoms with E-state index in [1.807, 2.05) is 47.6 Å². The van der Waals surface area contributed by atoms with Gasteiger partial charge in [0.25, 0.3) is 9.05 Å². The number of hydrogen-bond acceptors (Lipinski definition) is 2.